The number of hydrogen-bond acceptors (Lipinski definition) is 5. The Kier molecular flexibility index (Phi) is 7.06. The van der Waals surface area contributed by atoms with E-state index < -0.39 is 17.9 Å². The molecule has 156 valence electrons. The van der Waals surface area contributed by atoms with Gasteiger partial charge in [0.2, 0.25) is 5.91 Å². The summed E-state index contributed by atoms with van der Waals surface area (Å²) in [6.45, 7) is -0.249. The predicted octanol–water partition coefficient (Wildman–Crippen LogP) is 3.61. The maximum absolute atomic E-state index is 13.1. The summed E-state index contributed by atoms with van der Waals surface area (Å²) in [6.07, 6.45) is -0.184. The van der Waals surface area contributed by atoms with E-state index in [9.17, 15) is 14.4 Å². The Morgan fingerprint density at radius 1 is 1.17 bits per heavy atom. The van der Waals surface area contributed by atoms with Gasteiger partial charge in [-0.3, -0.25) is 19.3 Å². The summed E-state index contributed by atoms with van der Waals surface area (Å²) >= 11 is 14.7. The highest BCUT2D eigenvalue weighted by Gasteiger charge is 2.45. The molecule has 2 aromatic rings. The maximum Gasteiger partial charge on any atom is 0.325 e. The van der Waals surface area contributed by atoms with Crippen molar-refractivity contribution in [1.29, 1.82) is 0 Å². The minimum atomic E-state index is -0.942. The molecule has 0 aliphatic carbocycles. The number of nitrogens with zero attached hydrogens (tertiary/aromatic N) is 2. The molecular formula is C20H17BrClN3O4S. The standard InChI is InChI=1S/C20H17BrClN3O4S/c1-29-18(27)11-24-16(10-17(26)23-14-6-2-12(21)3-7-14)19(28)25(20(24)30)15-8-4-13(22)5-9-15/h2-9,16H,10-11H2,1H3,(H,23,26). The van der Waals surface area contributed by atoms with E-state index in [0.717, 1.165) is 4.47 Å². The van der Waals surface area contributed by atoms with E-state index in [4.69, 9.17) is 28.6 Å². The van der Waals surface area contributed by atoms with Crippen LogP contribution in [-0.2, 0) is 19.1 Å². The largest absolute Gasteiger partial charge is 0.468 e. The summed E-state index contributed by atoms with van der Waals surface area (Å²) in [5.41, 5.74) is 1.09. The van der Waals surface area contributed by atoms with Crippen molar-refractivity contribution in [1.82, 2.24) is 4.90 Å². The highest BCUT2D eigenvalue weighted by atomic mass is 79.9. The minimum absolute atomic E-state index is 0.120. The summed E-state index contributed by atoms with van der Waals surface area (Å²) in [4.78, 5) is 40.3. The number of nitrogens with one attached hydrogen (secondary N) is 1. The molecule has 0 spiro atoms. The Morgan fingerprint density at radius 2 is 1.80 bits per heavy atom. The smallest absolute Gasteiger partial charge is 0.325 e. The van der Waals surface area contributed by atoms with Gasteiger partial charge in [0.15, 0.2) is 5.11 Å². The fourth-order valence-corrected chi connectivity index (χ4v) is 3.74. The van der Waals surface area contributed by atoms with Gasteiger partial charge < -0.3 is 15.0 Å². The quantitative estimate of drug-likeness (QED) is 0.473. The zero-order chi connectivity index (χ0) is 21.8. The van der Waals surface area contributed by atoms with E-state index in [1.807, 2.05) is 0 Å². The second kappa shape index (κ2) is 9.55. The number of benzene rings is 2. The van der Waals surface area contributed by atoms with Crippen molar-refractivity contribution in [3.63, 3.8) is 0 Å². The Hall–Kier alpha value is -2.49. The third kappa shape index (κ3) is 4.97. The molecule has 3 rings (SSSR count). The van der Waals surface area contributed by atoms with E-state index in [0.29, 0.717) is 16.4 Å². The normalized spacial score (nSPS) is 16.0. The summed E-state index contributed by atoms with van der Waals surface area (Å²) in [5.74, 6) is -1.36. The van der Waals surface area contributed by atoms with Crippen molar-refractivity contribution >= 4 is 74.0 Å². The Morgan fingerprint density at radius 3 is 2.40 bits per heavy atom. The molecule has 0 aromatic heterocycles. The first-order valence-electron chi connectivity index (χ1n) is 8.82. The molecule has 0 saturated carbocycles. The number of carbonyl (C=O) groups is 3. The van der Waals surface area contributed by atoms with Gasteiger partial charge in [-0.15, -0.1) is 0 Å². The fourth-order valence-electron chi connectivity index (χ4n) is 2.97. The Balaban J connectivity index is 1.83. The number of esters is 1. The molecule has 0 bridgehead atoms. The van der Waals surface area contributed by atoms with Gasteiger partial charge in [0.1, 0.15) is 12.6 Å². The van der Waals surface area contributed by atoms with Gasteiger partial charge in [-0.05, 0) is 60.7 Å². The van der Waals surface area contributed by atoms with Crippen LogP contribution in [0.5, 0.6) is 0 Å². The minimum Gasteiger partial charge on any atom is -0.468 e. The van der Waals surface area contributed by atoms with Gasteiger partial charge in [-0.1, -0.05) is 27.5 Å². The lowest BCUT2D eigenvalue weighted by atomic mass is 10.1. The molecule has 30 heavy (non-hydrogen) atoms. The summed E-state index contributed by atoms with van der Waals surface area (Å²) in [5, 5.41) is 3.37. The van der Waals surface area contributed by atoms with Gasteiger partial charge in [-0.2, -0.15) is 0 Å². The molecule has 10 heteroatoms. The lowest BCUT2D eigenvalue weighted by Crippen LogP contribution is -2.41. The van der Waals surface area contributed by atoms with Crippen LogP contribution in [0.4, 0.5) is 11.4 Å². The van der Waals surface area contributed by atoms with Crippen LogP contribution in [0.15, 0.2) is 53.0 Å². The molecule has 1 atom stereocenters. The van der Waals surface area contributed by atoms with Crippen LogP contribution in [0.3, 0.4) is 0 Å². The maximum atomic E-state index is 13.1. The average molecular weight is 511 g/mol. The second-order valence-corrected chi connectivity index (χ2v) is 8.13. The van der Waals surface area contributed by atoms with Gasteiger partial charge in [0.25, 0.3) is 5.91 Å². The van der Waals surface area contributed by atoms with Crippen LogP contribution in [0.25, 0.3) is 0 Å². The van der Waals surface area contributed by atoms with Gasteiger partial charge in [-0.25, -0.2) is 0 Å². The van der Waals surface area contributed by atoms with E-state index in [-0.39, 0.29) is 24.0 Å². The molecule has 1 aliphatic rings. The third-order valence-corrected chi connectivity index (χ3v) is 5.64. The number of anilines is 2. The fraction of sp³-hybridized carbons (Fsp3) is 0.200. The van der Waals surface area contributed by atoms with Crippen molar-refractivity contribution in [2.24, 2.45) is 0 Å². The molecule has 1 aliphatic heterocycles. The molecule has 1 heterocycles. The first-order valence-corrected chi connectivity index (χ1v) is 10.4. The van der Waals surface area contributed by atoms with Crippen LogP contribution < -0.4 is 10.2 Å². The second-order valence-electron chi connectivity index (χ2n) is 6.41. The van der Waals surface area contributed by atoms with Crippen molar-refractivity contribution in [3.05, 3.63) is 58.0 Å². The van der Waals surface area contributed by atoms with Crippen molar-refractivity contribution in [2.45, 2.75) is 12.5 Å². The van der Waals surface area contributed by atoms with Crippen LogP contribution in [0.1, 0.15) is 6.42 Å². The number of carbonyl (C=O) groups excluding carboxylic acids is 3. The Bertz CT molecular complexity index is 985. The van der Waals surface area contributed by atoms with Crippen LogP contribution in [0.2, 0.25) is 5.02 Å². The topological polar surface area (TPSA) is 79.0 Å². The highest BCUT2D eigenvalue weighted by molar-refractivity contribution is 9.10. The number of rotatable bonds is 6. The number of thiocarbonyl (C=S) groups is 1. The van der Waals surface area contributed by atoms with Crippen LogP contribution in [0, 0.1) is 0 Å². The number of ether oxygens (including phenoxy) is 1. The van der Waals surface area contributed by atoms with Crippen molar-refractivity contribution in [2.75, 3.05) is 23.9 Å². The number of amides is 2. The first kappa shape index (κ1) is 22.2. The lowest BCUT2D eigenvalue weighted by Gasteiger charge is -2.22. The molecule has 1 unspecified atom stereocenters. The first-order chi connectivity index (χ1) is 14.3. The molecule has 1 saturated heterocycles. The van der Waals surface area contributed by atoms with Gasteiger partial charge in [0, 0.05) is 15.2 Å². The zero-order valence-corrected chi connectivity index (χ0v) is 19.0. The summed E-state index contributed by atoms with van der Waals surface area (Å²) in [7, 11) is 1.25. The predicted molar refractivity (Wildman–Crippen MR) is 121 cm³/mol. The van der Waals surface area contributed by atoms with E-state index in [2.05, 4.69) is 21.2 Å². The number of hydrogen-bond donors (Lipinski definition) is 1. The molecule has 2 aromatic carbocycles. The molecule has 7 nitrogen and oxygen atoms in total. The Labute approximate surface area is 192 Å². The molecular weight excluding hydrogens is 494 g/mol. The van der Waals surface area contributed by atoms with Crippen molar-refractivity contribution in [3.8, 4) is 0 Å². The summed E-state index contributed by atoms with van der Waals surface area (Å²) < 4.78 is 5.59. The van der Waals surface area contributed by atoms with Gasteiger partial charge in [0.05, 0.1) is 19.2 Å². The monoisotopic (exact) mass is 509 g/mol. The lowest BCUT2D eigenvalue weighted by molar-refractivity contribution is -0.141. The van der Waals surface area contributed by atoms with Crippen molar-refractivity contribution < 1.29 is 19.1 Å². The van der Waals surface area contributed by atoms with E-state index >= 15 is 0 Å². The molecule has 1 fully saturated rings. The average Bonchev–Trinajstić information content (AvgIpc) is 2.94. The van der Waals surface area contributed by atoms with E-state index in [1.54, 1.807) is 48.5 Å². The van der Waals surface area contributed by atoms with Crippen LogP contribution in [-0.4, -0.2) is 47.5 Å². The SMILES string of the molecule is COC(=O)CN1C(=S)N(c2ccc(Cl)cc2)C(=O)C1CC(=O)Nc1ccc(Br)cc1. The molecule has 2 amide bonds. The van der Waals surface area contributed by atoms with E-state index in [1.165, 1.54) is 16.9 Å². The molecule has 1 N–H and O–H groups in total. The third-order valence-electron chi connectivity index (χ3n) is 4.44. The van der Waals surface area contributed by atoms with Crippen LogP contribution >= 0.6 is 39.7 Å². The zero-order valence-electron chi connectivity index (χ0n) is 15.8. The highest BCUT2D eigenvalue weighted by Crippen LogP contribution is 2.28. The summed E-state index contributed by atoms with van der Waals surface area (Å²) in [6, 6.07) is 12.7. The molecule has 0 radical (unpaired) electrons. The number of methoxy groups -OCH3 is 1. The van der Waals surface area contributed by atoms with Gasteiger partial charge >= 0.3 is 5.97 Å². The number of halogens is 2.